The fraction of sp³-hybridized carbons (Fsp3) is 0.786. The lowest BCUT2D eigenvalue weighted by Gasteiger charge is -2.23. The van der Waals surface area contributed by atoms with Crippen LogP contribution in [0.5, 0.6) is 0 Å². The summed E-state index contributed by atoms with van der Waals surface area (Å²) in [4.78, 5) is 0. The van der Waals surface area contributed by atoms with Gasteiger partial charge in [0.15, 0.2) is 0 Å². The quantitative estimate of drug-likeness (QED) is 0.753. The van der Waals surface area contributed by atoms with E-state index in [-0.39, 0.29) is 0 Å². The van der Waals surface area contributed by atoms with Crippen molar-refractivity contribution in [3.63, 3.8) is 0 Å². The van der Waals surface area contributed by atoms with Gasteiger partial charge in [-0.25, -0.2) is 0 Å². The highest BCUT2D eigenvalue weighted by atomic mass is 15.3. The number of aromatic nitrogens is 2. The van der Waals surface area contributed by atoms with Gasteiger partial charge in [-0.15, -0.1) is 0 Å². The van der Waals surface area contributed by atoms with Crippen LogP contribution in [0.15, 0.2) is 12.4 Å². The Balaban J connectivity index is 2.57. The number of hydrogen-bond acceptors (Lipinski definition) is 2. The third-order valence-corrected chi connectivity index (χ3v) is 3.45. The highest BCUT2D eigenvalue weighted by molar-refractivity contribution is 5.06. The molecule has 3 heteroatoms. The van der Waals surface area contributed by atoms with E-state index in [2.05, 4.69) is 44.3 Å². The molecule has 0 aliphatic heterocycles. The lowest BCUT2D eigenvalue weighted by molar-refractivity contribution is 0.365. The van der Waals surface area contributed by atoms with Crippen LogP contribution in [0.25, 0.3) is 0 Å². The third-order valence-electron chi connectivity index (χ3n) is 3.45. The van der Waals surface area contributed by atoms with Crippen LogP contribution in [0.3, 0.4) is 0 Å². The minimum Gasteiger partial charge on any atom is -0.313 e. The average Bonchev–Trinajstić information content (AvgIpc) is 2.81. The zero-order chi connectivity index (χ0) is 12.7. The van der Waals surface area contributed by atoms with Crippen molar-refractivity contribution in [3.8, 4) is 0 Å². The van der Waals surface area contributed by atoms with Crippen LogP contribution in [0, 0.1) is 5.92 Å². The molecule has 0 aliphatic rings. The molecule has 0 amide bonds. The molecular weight excluding hydrogens is 210 g/mol. The van der Waals surface area contributed by atoms with Gasteiger partial charge in [0.1, 0.15) is 0 Å². The van der Waals surface area contributed by atoms with Crippen molar-refractivity contribution >= 4 is 0 Å². The summed E-state index contributed by atoms with van der Waals surface area (Å²) in [7, 11) is 0. The normalized spacial score (nSPS) is 14.8. The van der Waals surface area contributed by atoms with Crippen LogP contribution >= 0.6 is 0 Å². The molecule has 1 N–H and O–H groups in total. The van der Waals surface area contributed by atoms with Gasteiger partial charge in [0.25, 0.3) is 0 Å². The number of rotatable bonds is 8. The molecule has 0 radical (unpaired) electrons. The Hall–Kier alpha value is -0.830. The zero-order valence-electron chi connectivity index (χ0n) is 11.7. The maximum Gasteiger partial charge on any atom is 0.0522 e. The first-order valence-corrected chi connectivity index (χ1v) is 6.95. The molecule has 2 unspecified atom stereocenters. The Labute approximate surface area is 106 Å². The van der Waals surface area contributed by atoms with Crippen LogP contribution in [0.1, 0.15) is 46.1 Å². The van der Waals surface area contributed by atoms with Crippen LogP contribution in [0.4, 0.5) is 0 Å². The molecule has 0 bridgehead atoms. The highest BCUT2D eigenvalue weighted by Crippen LogP contribution is 2.13. The molecular formula is C14H27N3. The second-order valence-electron chi connectivity index (χ2n) is 4.85. The Morgan fingerprint density at radius 3 is 2.65 bits per heavy atom. The van der Waals surface area contributed by atoms with Crippen molar-refractivity contribution in [1.29, 1.82) is 0 Å². The van der Waals surface area contributed by atoms with Gasteiger partial charge in [-0.1, -0.05) is 27.2 Å². The summed E-state index contributed by atoms with van der Waals surface area (Å²) < 4.78 is 2.00. The summed E-state index contributed by atoms with van der Waals surface area (Å²) in [6.07, 6.45) is 7.69. The Morgan fingerprint density at radius 1 is 1.35 bits per heavy atom. The monoisotopic (exact) mass is 237 g/mol. The van der Waals surface area contributed by atoms with Crippen LogP contribution in [-0.4, -0.2) is 22.4 Å². The van der Waals surface area contributed by atoms with Gasteiger partial charge in [-0.2, -0.15) is 5.10 Å². The Bertz CT molecular complexity index is 306. The lowest BCUT2D eigenvalue weighted by atomic mass is 9.94. The smallest absolute Gasteiger partial charge is 0.0522 e. The van der Waals surface area contributed by atoms with E-state index in [1.54, 1.807) is 0 Å². The summed E-state index contributed by atoms with van der Waals surface area (Å²) in [6.45, 7) is 11.0. The first-order chi connectivity index (χ1) is 8.21. The first kappa shape index (κ1) is 14.2. The van der Waals surface area contributed by atoms with Crippen LogP contribution < -0.4 is 5.32 Å². The summed E-state index contributed by atoms with van der Waals surface area (Å²) >= 11 is 0. The summed E-state index contributed by atoms with van der Waals surface area (Å²) in [5.74, 6) is 0.714. The van der Waals surface area contributed by atoms with E-state index in [9.17, 15) is 0 Å². The van der Waals surface area contributed by atoms with Gasteiger partial charge in [0.05, 0.1) is 6.20 Å². The van der Waals surface area contributed by atoms with Crippen LogP contribution in [0.2, 0.25) is 0 Å². The van der Waals surface area contributed by atoms with Crippen molar-refractivity contribution in [3.05, 3.63) is 18.0 Å². The molecule has 1 heterocycles. The van der Waals surface area contributed by atoms with E-state index < -0.39 is 0 Å². The average molecular weight is 237 g/mol. The number of nitrogens with zero attached hydrogens (tertiary/aromatic N) is 2. The number of nitrogens with one attached hydrogen (secondary N) is 1. The maximum atomic E-state index is 4.34. The van der Waals surface area contributed by atoms with E-state index in [0.717, 1.165) is 19.5 Å². The predicted molar refractivity (Wildman–Crippen MR) is 73.1 cm³/mol. The number of aryl methyl sites for hydroxylation is 1. The van der Waals surface area contributed by atoms with E-state index >= 15 is 0 Å². The van der Waals surface area contributed by atoms with Crippen molar-refractivity contribution in [1.82, 2.24) is 15.1 Å². The van der Waals surface area contributed by atoms with Gasteiger partial charge < -0.3 is 5.32 Å². The predicted octanol–water partition coefficient (Wildman–Crippen LogP) is 2.86. The minimum atomic E-state index is 0.578. The highest BCUT2D eigenvalue weighted by Gasteiger charge is 2.16. The van der Waals surface area contributed by atoms with Crippen LogP contribution in [-0.2, 0) is 13.0 Å². The third kappa shape index (κ3) is 4.50. The second kappa shape index (κ2) is 7.49. The van der Waals surface area contributed by atoms with Crippen molar-refractivity contribution < 1.29 is 0 Å². The molecule has 17 heavy (non-hydrogen) atoms. The SMILES string of the molecule is CCCNC(Cc1cnn(CC)c1)C(C)CC. The summed E-state index contributed by atoms with van der Waals surface area (Å²) in [5.41, 5.74) is 1.35. The summed E-state index contributed by atoms with van der Waals surface area (Å²) in [5, 5.41) is 8.00. The molecule has 1 rings (SSSR count). The molecule has 1 aromatic rings. The molecule has 0 saturated heterocycles. The van der Waals surface area contributed by atoms with Gasteiger partial charge >= 0.3 is 0 Å². The molecule has 0 saturated carbocycles. The van der Waals surface area contributed by atoms with Crippen molar-refractivity contribution in [2.75, 3.05) is 6.54 Å². The molecule has 0 aromatic carbocycles. The largest absolute Gasteiger partial charge is 0.313 e. The zero-order valence-corrected chi connectivity index (χ0v) is 11.7. The van der Waals surface area contributed by atoms with E-state index in [0.29, 0.717) is 12.0 Å². The van der Waals surface area contributed by atoms with Gasteiger partial charge in [-0.3, -0.25) is 4.68 Å². The topological polar surface area (TPSA) is 29.9 Å². The standard InChI is InChI=1S/C14H27N3/c1-5-8-15-14(12(4)6-2)9-13-10-16-17(7-3)11-13/h10-12,14-15H,5-9H2,1-4H3. The fourth-order valence-corrected chi connectivity index (χ4v) is 2.03. The second-order valence-corrected chi connectivity index (χ2v) is 4.85. The molecule has 1 aromatic heterocycles. The lowest BCUT2D eigenvalue weighted by Crippen LogP contribution is -2.37. The molecule has 0 spiro atoms. The van der Waals surface area contributed by atoms with Crippen molar-refractivity contribution in [2.24, 2.45) is 5.92 Å². The fourth-order valence-electron chi connectivity index (χ4n) is 2.03. The van der Waals surface area contributed by atoms with E-state index in [1.165, 1.54) is 18.4 Å². The van der Waals surface area contributed by atoms with Gasteiger partial charge in [-0.05, 0) is 37.8 Å². The van der Waals surface area contributed by atoms with E-state index in [4.69, 9.17) is 0 Å². The summed E-state index contributed by atoms with van der Waals surface area (Å²) in [6, 6.07) is 0.578. The molecule has 2 atom stereocenters. The first-order valence-electron chi connectivity index (χ1n) is 6.95. The molecule has 3 nitrogen and oxygen atoms in total. The minimum absolute atomic E-state index is 0.578. The van der Waals surface area contributed by atoms with E-state index in [1.807, 2.05) is 10.9 Å². The van der Waals surface area contributed by atoms with Crippen molar-refractivity contribution in [2.45, 2.75) is 59.5 Å². The number of hydrogen-bond donors (Lipinski definition) is 1. The Kier molecular flexibility index (Phi) is 6.27. The molecule has 0 aliphatic carbocycles. The Morgan fingerprint density at radius 2 is 2.12 bits per heavy atom. The van der Waals surface area contributed by atoms with Gasteiger partial charge in [0, 0.05) is 18.8 Å². The maximum absolute atomic E-state index is 4.34. The van der Waals surface area contributed by atoms with Gasteiger partial charge in [0.2, 0.25) is 0 Å². The molecule has 98 valence electrons. The molecule has 0 fully saturated rings.